The molecule has 0 aliphatic rings. The summed E-state index contributed by atoms with van der Waals surface area (Å²) in [4.78, 5) is 14.0. The molecular formula is C12H15Cl2N3OS. The second-order valence-corrected chi connectivity index (χ2v) is 5.22. The maximum absolute atomic E-state index is 12.0. The van der Waals surface area contributed by atoms with Crippen LogP contribution >= 0.6 is 35.4 Å². The fraction of sp³-hybridized carbons (Fsp3) is 0.333. The topological polar surface area (TPSA) is 58.4 Å². The first-order valence-corrected chi connectivity index (χ1v) is 6.89. The first-order valence-electron chi connectivity index (χ1n) is 5.73. The molecular weight excluding hydrogens is 305 g/mol. The Morgan fingerprint density at radius 2 is 2.16 bits per heavy atom. The number of hydrogen-bond acceptors (Lipinski definition) is 2. The number of nitrogens with one attached hydrogen (secondary N) is 1. The number of carbonyl (C=O) groups excluding carboxylic acids is 1. The van der Waals surface area contributed by atoms with Crippen LogP contribution in [0.3, 0.4) is 0 Å². The van der Waals surface area contributed by atoms with E-state index in [0.717, 1.165) is 0 Å². The van der Waals surface area contributed by atoms with Crippen molar-refractivity contribution in [2.45, 2.75) is 13.3 Å². The average Bonchev–Trinajstić information content (AvgIpc) is 2.34. The molecule has 0 saturated carbocycles. The van der Waals surface area contributed by atoms with Gasteiger partial charge in [-0.25, -0.2) is 4.79 Å². The van der Waals surface area contributed by atoms with Crippen molar-refractivity contribution < 1.29 is 4.79 Å². The summed E-state index contributed by atoms with van der Waals surface area (Å²) in [5.41, 5.74) is 5.91. The summed E-state index contributed by atoms with van der Waals surface area (Å²) in [6, 6.07) is 4.63. The molecule has 0 radical (unpaired) electrons. The minimum Gasteiger partial charge on any atom is -0.393 e. The van der Waals surface area contributed by atoms with Gasteiger partial charge in [-0.1, -0.05) is 35.4 Å². The SMILES string of the molecule is CCN(CCC(N)=S)C(=O)Nc1cc(Cl)ccc1Cl. The molecule has 2 amide bonds. The molecule has 104 valence electrons. The van der Waals surface area contributed by atoms with E-state index in [2.05, 4.69) is 5.32 Å². The molecule has 0 spiro atoms. The smallest absolute Gasteiger partial charge is 0.321 e. The van der Waals surface area contributed by atoms with Crippen LogP contribution in [0.5, 0.6) is 0 Å². The van der Waals surface area contributed by atoms with Gasteiger partial charge in [-0.2, -0.15) is 0 Å². The lowest BCUT2D eigenvalue weighted by molar-refractivity contribution is 0.216. The van der Waals surface area contributed by atoms with Gasteiger partial charge in [0.15, 0.2) is 0 Å². The van der Waals surface area contributed by atoms with Gasteiger partial charge in [0, 0.05) is 24.5 Å². The number of urea groups is 1. The summed E-state index contributed by atoms with van der Waals surface area (Å²) in [7, 11) is 0. The Kier molecular flexibility index (Phi) is 6.34. The third-order valence-corrected chi connectivity index (χ3v) is 3.24. The predicted octanol–water partition coefficient (Wildman–Crippen LogP) is 3.52. The van der Waals surface area contributed by atoms with Gasteiger partial charge in [0.2, 0.25) is 0 Å². The number of thiocarbonyl (C=S) groups is 1. The fourth-order valence-electron chi connectivity index (χ4n) is 1.44. The molecule has 0 aliphatic heterocycles. The molecule has 1 aromatic rings. The van der Waals surface area contributed by atoms with Gasteiger partial charge in [0.1, 0.15) is 0 Å². The molecule has 0 heterocycles. The van der Waals surface area contributed by atoms with Crippen LogP contribution in [-0.2, 0) is 0 Å². The van der Waals surface area contributed by atoms with Crippen LogP contribution in [0.4, 0.5) is 10.5 Å². The molecule has 7 heteroatoms. The molecule has 1 rings (SSSR count). The van der Waals surface area contributed by atoms with Crippen LogP contribution in [0.2, 0.25) is 10.0 Å². The number of halogens is 2. The summed E-state index contributed by atoms with van der Waals surface area (Å²) in [5.74, 6) is 0. The Balaban J connectivity index is 2.71. The number of anilines is 1. The first-order chi connectivity index (χ1) is 8.93. The van der Waals surface area contributed by atoms with Crippen molar-refractivity contribution in [2.24, 2.45) is 5.73 Å². The molecule has 0 unspecified atom stereocenters. The van der Waals surface area contributed by atoms with E-state index in [4.69, 9.17) is 41.2 Å². The van der Waals surface area contributed by atoms with Gasteiger partial charge in [-0.3, -0.25) is 0 Å². The monoisotopic (exact) mass is 319 g/mol. The van der Waals surface area contributed by atoms with Gasteiger partial charge >= 0.3 is 6.03 Å². The number of benzene rings is 1. The Morgan fingerprint density at radius 3 is 2.74 bits per heavy atom. The Hall–Kier alpha value is -1.04. The van der Waals surface area contributed by atoms with Gasteiger partial charge < -0.3 is 16.0 Å². The second kappa shape index (κ2) is 7.53. The zero-order valence-corrected chi connectivity index (χ0v) is 12.8. The van der Waals surface area contributed by atoms with Gasteiger partial charge in [0.25, 0.3) is 0 Å². The average molecular weight is 320 g/mol. The molecule has 1 aromatic carbocycles. The van der Waals surface area contributed by atoms with Crippen molar-refractivity contribution in [1.82, 2.24) is 4.90 Å². The van der Waals surface area contributed by atoms with Crippen molar-refractivity contribution in [3.63, 3.8) is 0 Å². The van der Waals surface area contributed by atoms with Crippen molar-refractivity contribution in [1.29, 1.82) is 0 Å². The van der Waals surface area contributed by atoms with E-state index < -0.39 is 0 Å². The summed E-state index contributed by atoms with van der Waals surface area (Å²) >= 11 is 16.6. The van der Waals surface area contributed by atoms with Crippen LogP contribution < -0.4 is 11.1 Å². The van der Waals surface area contributed by atoms with Crippen LogP contribution in [0.15, 0.2) is 18.2 Å². The summed E-state index contributed by atoms with van der Waals surface area (Å²) in [6.07, 6.45) is 0.486. The molecule has 0 atom stereocenters. The molecule has 0 aromatic heterocycles. The maximum Gasteiger partial charge on any atom is 0.321 e. The summed E-state index contributed by atoms with van der Waals surface area (Å²) in [5, 5.41) is 3.65. The van der Waals surface area contributed by atoms with Crippen LogP contribution in [0, 0.1) is 0 Å². The predicted molar refractivity (Wildman–Crippen MR) is 84.1 cm³/mol. The van der Waals surface area contributed by atoms with Crippen molar-refractivity contribution >= 4 is 52.1 Å². The number of amides is 2. The fourth-order valence-corrected chi connectivity index (χ4v) is 1.86. The highest BCUT2D eigenvalue weighted by atomic mass is 35.5. The van der Waals surface area contributed by atoms with Gasteiger partial charge in [-0.05, 0) is 25.1 Å². The van der Waals surface area contributed by atoms with E-state index in [9.17, 15) is 4.79 Å². The third-order valence-electron chi connectivity index (χ3n) is 2.47. The molecule has 0 aliphatic carbocycles. The largest absolute Gasteiger partial charge is 0.393 e. The molecule has 0 saturated heterocycles. The summed E-state index contributed by atoms with van der Waals surface area (Å²) < 4.78 is 0. The van der Waals surface area contributed by atoms with E-state index in [1.165, 1.54) is 0 Å². The van der Waals surface area contributed by atoms with Crippen molar-refractivity contribution in [2.75, 3.05) is 18.4 Å². The highest BCUT2D eigenvalue weighted by molar-refractivity contribution is 7.80. The van der Waals surface area contributed by atoms with Crippen LogP contribution in [0.1, 0.15) is 13.3 Å². The quantitative estimate of drug-likeness (QED) is 0.816. The Labute approximate surface area is 127 Å². The zero-order valence-electron chi connectivity index (χ0n) is 10.5. The van der Waals surface area contributed by atoms with E-state index >= 15 is 0 Å². The lowest BCUT2D eigenvalue weighted by atomic mass is 10.3. The number of carbonyl (C=O) groups is 1. The molecule has 4 nitrogen and oxygen atoms in total. The third kappa shape index (κ3) is 5.22. The number of hydrogen-bond donors (Lipinski definition) is 2. The first kappa shape index (κ1) is 16.0. The molecule has 0 bridgehead atoms. The Bertz CT molecular complexity index is 482. The van der Waals surface area contributed by atoms with E-state index in [1.54, 1.807) is 23.1 Å². The standard InChI is InChI=1S/C12H15Cl2N3OS/c1-2-17(6-5-11(15)19)12(18)16-10-7-8(13)3-4-9(10)14/h3-4,7H,2,5-6H2,1H3,(H2,15,19)(H,16,18). The lowest BCUT2D eigenvalue weighted by Gasteiger charge is -2.21. The highest BCUT2D eigenvalue weighted by Crippen LogP contribution is 2.25. The van der Waals surface area contributed by atoms with Gasteiger partial charge in [-0.15, -0.1) is 0 Å². The maximum atomic E-state index is 12.0. The zero-order chi connectivity index (χ0) is 14.4. The molecule has 19 heavy (non-hydrogen) atoms. The van der Waals surface area contributed by atoms with Crippen molar-refractivity contribution in [3.05, 3.63) is 28.2 Å². The van der Waals surface area contributed by atoms with E-state index in [-0.39, 0.29) is 6.03 Å². The van der Waals surface area contributed by atoms with E-state index in [1.807, 2.05) is 6.92 Å². The molecule has 3 N–H and O–H groups in total. The highest BCUT2D eigenvalue weighted by Gasteiger charge is 2.13. The number of nitrogens with zero attached hydrogens (tertiary/aromatic N) is 1. The van der Waals surface area contributed by atoms with Crippen molar-refractivity contribution in [3.8, 4) is 0 Å². The van der Waals surface area contributed by atoms with E-state index in [0.29, 0.717) is 40.2 Å². The summed E-state index contributed by atoms with van der Waals surface area (Å²) in [6.45, 7) is 2.89. The molecule has 0 fully saturated rings. The number of rotatable bonds is 5. The Morgan fingerprint density at radius 1 is 1.47 bits per heavy atom. The normalized spacial score (nSPS) is 10.1. The van der Waals surface area contributed by atoms with Crippen LogP contribution in [0.25, 0.3) is 0 Å². The van der Waals surface area contributed by atoms with Gasteiger partial charge in [0.05, 0.1) is 15.7 Å². The second-order valence-electron chi connectivity index (χ2n) is 3.85. The minimum atomic E-state index is -0.261. The minimum absolute atomic E-state index is 0.261. The number of nitrogens with two attached hydrogens (primary N) is 1. The lowest BCUT2D eigenvalue weighted by Crippen LogP contribution is -2.36. The van der Waals surface area contributed by atoms with Crippen LogP contribution in [-0.4, -0.2) is 29.0 Å².